The van der Waals surface area contributed by atoms with Crippen LogP contribution in [0.25, 0.3) is 0 Å². The fourth-order valence-corrected chi connectivity index (χ4v) is 3.99. The SMILES string of the molecule is CC(=O)OCC1=C(C2CCCCC2)C2C=CC1C2. The van der Waals surface area contributed by atoms with Gasteiger partial charge in [0, 0.05) is 12.8 Å². The molecule has 0 aromatic rings. The lowest BCUT2D eigenvalue weighted by molar-refractivity contribution is -0.140. The smallest absolute Gasteiger partial charge is 0.302 e. The molecule has 0 saturated heterocycles. The number of carbonyl (C=O) groups excluding carboxylic acids is 1. The zero-order chi connectivity index (χ0) is 12.5. The van der Waals surface area contributed by atoms with E-state index in [1.165, 1.54) is 51.0 Å². The second-order valence-electron chi connectivity index (χ2n) is 5.93. The van der Waals surface area contributed by atoms with Gasteiger partial charge in [-0.05, 0) is 36.7 Å². The predicted molar refractivity (Wildman–Crippen MR) is 71.0 cm³/mol. The van der Waals surface area contributed by atoms with E-state index in [-0.39, 0.29) is 5.97 Å². The molecular weight excluding hydrogens is 224 g/mol. The van der Waals surface area contributed by atoms with E-state index < -0.39 is 0 Å². The standard InChI is InChI=1S/C16H22O2/c1-11(17)18-10-15-13-7-8-14(9-13)16(15)12-5-3-2-4-6-12/h7-8,12-14H,2-6,9-10H2,1H3. The number of rotatable bonds is 3. The van der Waals surface area contributed by atoms with Gasteiger partial charge in [0.1, 0.15) is 6.61 Å². The molecule has 0 heterocycles. The zero-order valence-electron chi connectivity index (χ0n) is 11.2. The lowest BCUT2D eigenvalue weighted by atomic mass is 9.78. The van der Waals surface area contributed by atoms with Crippen molar-refractivity contribution in [2.75, 3.05) is 6.61 Å². The molecule has 0 aromatic heterocycles. The van der Waals surface area contributed by atoms with Crippen LogP contribution in [0.1, 0.15) is 45.4 Å². The van der Waals surface area contributed by atoms with Gasteiger partial charge in [-0.3, -0.25) is 4.79 Å². The number of esters is 1. The number of fused-ring (bicyclic) bond motifs is 2. The molecule has 2 unspecified atom stereocenters. The van der Waals surface area contributed by atoms with Crippen LogP contribution in [0, 0.1) is 17.8 Å². The highest BCUT2D eigenvalue weighted by molar-refractivity contribution is 5.66. The lowest BCUT2D eigenvalue weighted by Gasteiger charge is -2.28. The van der Waals surface area contributed by atoms with Gasteiger partial charge in [-0.1, -0.05) is 37.0 Å². The van der Waals surface area contributed by atoms with Crippen molar-refractivity contribution >= 4 is 5.97 Å². The van der Waals surface area contributed by atoms with Crippen molar-refractivity contribution in [3.8, 4) is 0 Å². The third kappa shape index (κ3) is 2.13. The average molecular weight is 246 g/mol. The van der Waals surface area contributed by atoms with Crippen molar-refractivity contribution in [3.05, 3.63) is 23.3 Å². The molecule has 2 heteroatoms. The van der Waals surface area contributed by atoms with Crippen LogP contribution >= 0.6 is 0 Å². The second-order valence-corrected chi connectivity index (χ2v) is 5.93. The second kappa shape index (κ2) is 4.91. The molecule has 1 fully saturated rings. The van der Waals surface area contributed by atoms with Crippen LogP contribution < -0.4 is 0 Å². The van der Waals surface area contributed by atoms with Crippen LogP contribution in [0.5, 0.6) is 0 Å². The van der Waals surface area contributed by atoms with E-state index in [2.05, 4.69) is 12.2 Å². The van der Waals surface area contributed by atoms with Crippen LogP contribution in [-0.2, 0) is 9.53 Å². The van der Waals surface area contributed by atoms with Gasteiger partial charge in [-0.25, -0.2) is 0 Å². The first-order chi connectivity index (χ1) is 8.75. The molecule has 2 atom stereocenters. The molecule has 0 amide bonds. The number of hydrogen-bond acceptors (Lipinski definition) is 2. The van der Waals surface area contributed by atoms with Crippen LogP contribution in [0.4, 0.5) is 0 Å². The maximum absolute atomic E-state index is 11.0. The predicted octanol–water partition coefficient (Wildman–Crippen LogP) is 3.63. The summed E-state index contributed by atoms with van der Waals surface area (Å²) < 4.78 is 5.27. The van der Waals surface area contributed by atoms with E-state index in [0.717, 1.165) is 5.92 Å². The number of carbonyl (C=O) groups is 1. The minimum absolute atomic E-state index is 0.155. The highest BCUT2D eigenvalue weighted by Crippen LogP contribution is 2.49. The Labute approximate surface area is 109 Å². The Hall–Kier alpha value is -1.05. The summed E-state index contributed by atoms with van der Waals surface area (Å²) in [6.07, 6.45) is 12.8. The Bertz CT molecular complexity index is 399. The summed E-state index contributed by atoms with van der Waals surface area (Å²) in [5.74, 6) is 1.83. The van der Waals surface area contributed by atoms with E-state index in [0.29, 0.717) is 18.4 Å². The number of allylic oxidation sites excluding steroid dienone is 3. The maximum Gasteiger partial charge on any atom is 0.302 e. The minimum atomic E-state index is -0.155. The minimum Gasteiger partial charge on any atom is -0.461 e. The Morgan fingerprint density at radius 3 is 2.67 bits per heavy atom. The molecule has 98 valence electrons. The Balaban J connectivity index is 1.79. The van der Waals surface area contributed by atoms with E-state index >= 15 is 0 Å². The molecule has 0 aromatic carbocycles. The van der Waals surface area contributed by atoms with Crippen LogP contribution in [-0.4, -0.2) is 12.6 Å². The third-order valence-electron chi connectivity index (χ3n) is 4.78. The van der Waals surface area contributed by atoms with Crippen LogP contribution in [0.2, 0.25) is 0 Å². The molecule has 0 spiro atoms. The molecule has 0 radical (unpaired) electrons. The van der Waals surface area contributed by atoms with E-state index in [4.69, 9.17) is 4.74 Å². The summed E-state index contributed by atoms with van der Waals surface area (Å²) >= 11 is 0. The average Bonchev–Trinajstić information content (AvgIpc) is 2.97. The summed E-state index contributed by atoms with van der Waals surface area (Å²) in [5.41, 5.74) is 3.08. The van der Waals surface area contributed by atoms with Crippen molar-refractivity contribution < 1.29 is 9.53 Å². The summed E-state index contributed by atoms with van der Waals surface area (Å²) in [5, 5.41) is 0. The van der Waals surface area contributed by atoms with Crippen molar-refractivity contribution in [2.45, 2.75) is 45.4 Å². The number of ether oxygens (including phenoxy) is 1. The summed E-state index contributed by atoms with van der Waals surface area (Å²) in [6, 6.07) is 0. The molecular formula is C16H22O2. The molecule has 0 N–H and O–H groups in total. The first kappa shape index (κ1) is 12.0. The highest BCUT2D eigenvalue weighted by atomic mass is 16.5. The van der Waals surface area contributed by atoms with Crippen LogP contribution in [0.15, 0.2) is 23.3 Å². The molecule has 18 heavy (non-hydrogen) atoms. The molecule has 0 aliphatic heterocycles. The summed E-state index contributed by atoms with van der Waals surface area (Å²) in [7, 11) is 0. The summed E-state index contributed by atoms with van der Waals surface area (Å²) in [6.45, 7) is 2.04. The monoisotopic (exact) mass is 246 g/mol. The van der Waals surface area contributed by atoms with Gasteiger partial charge in [-0.2, -0.15) is 0 Å². The fourth-order valence-electron chi connectivity index (χ4n) is 3.99. The van der Waals surface area contributed by atoms with Crippen molar-refractivity contribution in [3.63, 3.8) is 0 Å². The molecule has 1 saturated carbocycles. The molecule has 2 bridgehead atoms. The largest absolute Gasteiger partial charge is 0.461 e. The van der Waals surface area contributed by atoms with E-state index in [1.54, 1.807) is 5.57 Å². The fraction of sp³-hybridized carbons (Fsp3) is 0.688. The topological polar surface area (TPSA) is 26.3 Å². The molecule has 3 aliphatic carbocycles. The van der Waals surface area contributed by atoms with Gasteiger partial charge in [-0.15, -0.1) is 0 Å². The van der Waals surface area contributed by atoms with E-state index in [1.807, 2.05) is 0 Å². The van der Waals surface area contributed by atoms with Gasteiger partial charge >= 0.3 is 5.97 Å². The van der Waals surface area contributed by atoms with Gasteiger partial charge in [0.05, 0.1) is 0 Å². The third-order valence-corrected chi connectivity index (χ3v) is 4.78. The Morgan fingerprint density at radius 1 is 1.22 bits per heavy atom. The van der Waals surface area contributed by atoms with Crippen molar-refractivity contribution in [2.24, 2.45) is 17.8 Å². The Morgan fingerprint density at radius 2 is 1.94 bits per heavy atom. The Kier molecular flexibility index (Phi) is 3.27. The van der Waals surface area contributed by atoms with E-state index in [9.17, 15) is 4.79 Å². The first-order valence-corrected chi connectivity index (χ1v) is 7.30. The maximum atomic E-state index is 11.0. The van der Waals surface area contributed by atoms with Gasteiger partial charge in [0.2, 0.25) is 0 Å². The summed E-state index contributed by atoms with van der Waals surface area (Å²) in [4.78, 5) is 11.0. The van der Waals surface area contributed by atoms with Gasteiger partial charge < -0.3 is 4.74 Å². The molecule has 2 nitrogen and oxygen atoms in total. The highest BCUT2D eigenvalue weighted by Gasteiger charge is 2.38. The molecule has 3 rings (SSSR count). The van der Waals surface area contributed by atoms with Gasteiger partial charge in [0.25, 0.3) is 0 Å². The first-order valence-electron chi connectivity index (χ1n) is 7.30. The molecule has 3 aliphatic rings. The quantitative estimate of drug-likeness (QED) is 0.561. The van der Waals surface area contributed by atoms with Gasteiger partial charge in [0.15, 0.2) is 0 Å². The van der Waals surface area contributed by atoms with Crippen LogP contribution in [0.3, 0.4) is 0 Å². The van der Waals surface area contributed by atoms with Crippen molar-refractivity contribution in [1.29, 1.82) is 0 Å². The van der Waals surface area contributed by atoms with Crippen molar-refractivity contribution in [1.82, 2.24) is 0 Å². The normalized spacial score (nSPS) is 31.2. The lowest BCUT2D eigenvalue weighted by Crippen LogP contribution is -2.17. The zero-order valence-corrected chi connectivity index (χ0v) is 11.2. The number of hydrogen-bond donors (Lipinski definition) is 0.